The normalized spacial score (nSPS) is 19.4. The highest BCUT2D eigenvalue weighted by Gasteiger charge is 2.31. The van der Waals surface area contributed by atoms with Crippen molar-refractivity contribution in [3.63, 3.8) is 0 Å². The highest BCUT2D eigenvalue weighted by Crippen LogP contribution is 2.43. The number of aryl methyl sites for hydroxylation is 1. The summed E-state index contributed by atoms with van der Waals surface area (Å²) in [5.41, 5.74) is 4.77. The van der Waals surface area contributed by atoms with Crippen molar-refractivity contribution in [1.82, 2.24) is 15.0 Å². The van der Waals surface area contributed by atoms with E-state index in [4.69, 9.17) is 14.7 Å². The van der Waals surface area contributed by atoms with Crippen LogP contribution in [0.15, 0.2) is 6.33 Å². The van der Waals surface area contributed by atoms with Crippen LogP contribution in [0, 0.1) is 0 Å². The molecule has 3 aromatic rings. The molecule has 1 saturated heterocycles. The monoisotopic (exact) mass is 368 g/mol. The van der Waals surface area contributed by atoms with Gasteiger partial charge >= 0.3 is 0 Å². The van der Waals surface area contributed by atoms with Gasteiger partial charge in [-0.3, -0.25) is 0 Å². The van der Waals surface area contributed by atoms with E-state index in [-0.39, 0.29) is 5.60 Å². The molecule has 5 nitrogen and oxygen atoms in total. The van der Waals surface area contributed by atoms with Gasteiger partial charge in [-0.05, 0) is 38.7 Å². The third-order valence-corrected chi connectivity index (χ3v) is 6.70. The molecule has 0 saturated carbocycles. The average molecular weight is 369 g/mol. The summed E-state index contributed by atoms with van der Waals surface area (Å²) in [6.45, 7) is 9.35. The van der Waals surface area contributed by atoms with Crippen molar-refractivity contribution in [3.05, 3.63) is 23.1 Å². The van der Waals surface area contributed by atoms with E-state index in [0.717, 1.165) is 42.1 Å². The fourth-order valence-corrected chi connectivity index (χ4v) is 5.50. The lowest BCUT2D eigenvalue weighted by molar-refractivity contribution is -0.0401. The molecule has 0 atom stereocenters. The molecule has 0 radical (unpaired) electrons. The van der Waals surface area contributed by atoms with Gasteiger partial charge in [0.25, 0.3) is 0 Å². The largest absolute Gasteiger partial charge is 0.370 e. The van der Waals surface area contributed by atoms with Gasteiger partial charge in [-0.2, -0.15) is 0 Å². The molecule has 3 aromatic heterocycles. The maximum atomic E-state index is 6.10. The molecule has 1 fully saturated rings. The maximum absolute atomic E-state index is 6.10. The van der Waals surface area contributed by atoms with Crippen LogP contribution in [0.2, 0.25) is 0 Å². The van der Waals surface area contributed by atoms with Gasteiger partial charge in [0, 0.05) is 36.2 Å². The number of fused-ring (bicyclic) bond motifs is 5. The summed E-state index contributed by atoms with van der Waals surface area (Å²) in [4.78, 5) is 17.9. The van der Waals surface area contributed by atoms with Gasteiger partial charge in [0.05, 0.1) is 22.4 Å². The standard InChI is InChI=1S/C20H24N4OS/c1-4-14-13-10-25-20(2,3)9-12(13)15-16-17(26-19(15)23-14)18(22-11-21-16)24-7-5-6-8-24/h11H,4-10H2,1-3H3. The van der Waals surface area contributed by atoms with Crippen LogP contribution >= 0.6 is 11.3 Å². The van der Waals surface area contributed by atoms with E-state index < -0.39 is 0 Å². The fourth-order valence-electron chi connectivity index (χ4n) is 4.31. The average Bonchev–Trinajstić information content (AvgIpc) is 3.27. The Balaban J connectivity index is 1.82. The summed E-state index contributed by atoms with van der Waals surface area (Å²) in [7, 11) is 0. The molecule has 0 N–H and O–H groups in total. The fraction of sp³-hybridized carbons (Fsp3) is 0.550. The van der Waals surface area contributed by atoms with Crippen LogP contribution in [-0.4, -0.2) is 33.6 Å². The lowest BCUT2D eigenvalue weighted by atomic mass is 9.89. The van der Waals surface area contributed by atoms with Crippen molar-refractivity contribution < 1.29 is 4.74 Å². The highest BCUT2D eigenvalue weighted by molar-refractivity contribution is 7.26. The Labute approximate surface area is 157 Å². The predicted molar refractivity (Wildman–Crippen MR) is 106 cm³/mol. The molecule has 0 spiro atoms. The minimum Gasteiger partial charge on any atom is -0.370 e. The van der Waals surface area contributed by atoms with Crippen molar-refractivity contribution in [1.29, 1.82) is 0 Å². The number of aromatic nitrogens is 3. The molecule has 5 rings (SSSR count). The molecule has 5 heterocycles. The summed E-state index contributed by atoms with van der Waals surface area (Å²) in [5.74, 6) is 1.09. The molecule has 2 aliphatic rings. The minimum absolute atomic E-state index is 0.147. The topological polar surface area (TPSA) is 51.1 Å². The van der Waals surface area contributed by atoms with E-state index in [2.05, 4.69) is 30.7 Å². The van der Waals surface area contributed by atoms with Crippen LogP contribution in [0.3, 0.4) is 0 Å². The van der Waals surface area contributed by atoms with E-state index in [9.17, 15) is 0 Å². The Morgan fingerprint density at radius 3 is 2.77 bits per heavy atom. The Morgan fingerprint density at radius 2 is 2.00 bits per heavy atom. The number of rotatable bonds is 2. The van der Waals surface area contributed by atoms with Crippen LogP contribution in [0.1, 0.15) is 50.4 Å². The lowest BCUT2D eigenvalue weighted by Crippen LogP contribution is -2.32. The number of ether oxygens (including phenoxy) is 1. The second-order valence-corrected chi connectivity index (χ2v) is 8.94. The molecule has 136 valence electrons. The number of hydrogen-bond acceptors (Lipinski definition) is 6. The molecule has 0 amide bonds. The van der Waals surface area contributed by atoms with Gasteiger partial charge < -0.3 is 9.64 Å². The molecule has 0 aromatic carbocycles. The van der Waals surface area contributed by atoms with Gasteiger partial charge in [-0.25, -0.2) is 15.0 Å². The zero-order valence-corrected chi connectivity index (χ0v) is 16.4. The van der Waals surface area contributed by atoms with Crippen LogP contribution in [-0.2, 0) is 24.2 Å². The van der Waals surface area contributed by atoms with Gasteiger partial charge in [0.15, 0.2) is 0 Å². The summed E-state index contributed by atoms with van der Waals surface area (Å²) in [6.07, 6.45) is 6.06. The Hall–Kier alpha value is -1.79. The maximum Gasteiger partial charge on any atom is 0.150 e. The van der Waals surface area contributed by atoms with Crippen LogP contribution in [0.25, 0.3) is 20.4 Å². The molecule has 0 bridgehead atoms. The Kier molecular flexibility index (Phi) is 3.69. The van der Waals surface area contributed by atoms with E-state index in [0.29, 0.717) is 6.61 Å². The second-order valence-electron chi connectivity index (χ2n) is 7.95. The second kappa shape index (κ2) is 5.86. The first-order valence-corrected chi connectivity index (χ1v) is 10.4. The third-order valence-electron chi connectivity index (χ3n) is 5.64. The quantitative estimate of drug-likeness (QED) is 0.677. The van der Waals surface area contributed by atoms with Crippen LogP contribution < -0.4 is 4.90 Å². The SMILES string of the molecule is CCc1nc2sc3c(N4CCCC4)ncnc3c2c2c1COC(C)(C)C2. The van der Waals surface area contributed by atoms with Crippen molar-refractivity contribution in [3.8, 4) is 0 Å². The van der Waals surface area contributed by atoms with Crippen molar-refractivity contribution in [2.45, 2.75) is 58.7 Å². The van der Waals surface area contributed by atoms with E-state index in [1.54, 1.807) is 17.7 Å². The number of hydrogen-bond donors (Lipinski definition) is 0. The van der Waals surface area contributed by atoms with Gasteiger partial charge in [-0.1, -0.05) is 6.92 Å². The summed E-state index contributed by atoms with van der Waals surface area (Å²) >= 11 is 1.76. The molecular weight excluding hydrogens is 344 g/mol. The lowest BCUT2D eigenvalue weighted by Gasteiger charge is -2.33. The van der Waals surface area contributed by atoms with Crippen molar-refractivity contribution >= 4 is 37.6 Å². The van der Waals surface area contributed by atoms with E-state index in [1.807, 2.05) is 0 Å². The van der Waals surface area contributed by atoms with E-state index in [1.165, 1.54) is 39.7 Å². The summed E-state index contributed by atoms with van der Waals surface area (Å²) in [6, 6.07) is 0. The molecule has 0 aliphatic carbocycles. The van der Waals surface area contributed by atoms with Gasteiger partial charge in [0.2, 0.25) is 0 Å². The number of pyridine rings is 1. The number of anilines is 1. The van der Waals surface area contributed by atoms with Gasteiger partial charge in [0.1, 0.15) is 17.0 Å². The Bertz CT molecular complexity index is 1000. The highest BCUT2D eigenvalue weighted by atomic mass is 32.1. The molecule has 6 heteroatoms. The van der Waals surface area contributed by atoms with Crippen LogP contribution in [0.5, 0.6) is 0 Å². The minimum atomic E-state index is -0.147. The van der Waals surface area contributed by atoms with Crippen molar-refractivity contribution in [2.24, 2.45) is 0 Å². The zero-order valence-electron chi connectivity index (χ0n) is 15.6. The number of thiophene rings is 1. The van der Waals surface area contributed by atoms with E-state index >= 15 is 0 Å². The first-order chi connectivity index (χ1) is 12.6. The summed E-state index contributed by atoms with van der Waals surface area (Å²) in [5, 5.41) is 1.23. The smallest absolute Gasteiger partial charge is 0.150 e. The zero-order chi connectivity index (χ0) is 17.9. The van der Waals surface area contributed by atoms with Crippen molar-refractivity contribution in [2.75, 3.05) is 18.0 Å². The Morgan fingerprint density at radius 1 is 1.19 bits per heavy atom. The summed E-state index contributed by atoms with van der Waals surface area (Å²) < 4.78 is 7.29. The molecule has 2 aliphatic heterocycles. The first kappa shape index (κ1) is 16.4. The molecule has 0 unspecified atom stereocenters. The predicted octanol–water partition coefficient (Wildman–Crippen LogP) is 4.25. The first-order valence-electron chi connectivity index (χ1n) is 9.54. The van der Waals surface area contributed by atoms with Gasteiger partial charge in [-0.15, -0.1) is 11.3 Å². The number of nitrogens with zero attached hydrogens (tertiary/aromatic N) is 4. The third kappa shape index (κ3) is 2.42. The molecule has 26 heavy (non-hydrogen) atoms. The molecular formula is C20H24N4OS. The van der Waals surface area contributed by atoms with Crippen LogP contribution in [0.4, 0.5) is 5.82 Å².